The lowest BCUT2D eigenvalue weighted by Gasteiger charge is -2.67. The van der Waals surface area contributed by atoms with Crippen LogP contribution in [0.3, 0.4) is 0 Å². The fourth-order valence-corrected chi connectivity index (χ4v) is 11.3. The molecule has 0 aromatic rings. The second-order valence-electron chi connectivity index (χ2n) is 17.0. The molecule has 248 valence electrons. The van der Waals surface area contributed by atoms with E-state index in [0.717, 1.165) is 37.7 Å². The predicted octanol–water partition coefficient (Wildman–Crippen LogP) is 4.19. The van der Waals surface area contributed by atoms with Gasteiger partial charge in [-0.25, -0.2) is 0 Å². The summed E-state index contributed by atoms with van der Waals surface area (Å²) in [5.74, 6) is -0.889. The van der Waals surface area contributed by atoms with E-state index in [1.54, 1.807) is 6.92 Å². The zero-order valence-electron chi connectivity index (χ0n) is 27.3. The van der Waals surface area contributed by atoms with Crippen molar-refractivity contribution in [3.63, 3.8) is 0 Å². The minimum absolute atomic E-state index is 0.0885. The molecule has 5 fully saturated rings. The van der Waals surface area contributed by atoms with Crippen molar-refractivity contribution in [3.8, 4) is 0 Å². The molecule has 0 aromatic carbocycles. The SMILES string of the molecule is C[C@H]1O[C@@H](OC(=O)[C@@]23CC[C@@]4(C(=O)O)CCC(C)(C)C[C@H]4C2=CC[C@@H]2[C@H]4CC[C@H](O)C(C)(C)[C@@H]4CC[C@]23C)[C@@H](O)[C@@H](O)[C@@H]1O. The van der Waals surface area contributed by atoms with Gasteiger partial charge in [0.2, 0.25) is 6.29 Å². The summed E-state index contributed by atoms with van der Waals surface area (Å²) in [7, 11) is 0. The second-order valence-corrected chi connectivity index (χ2v) is 17.0. The number of carboxylic acid groups (broad SMARTS) is 1. The second kappa shape index (κ2) is 10.5. The Hall–Kier alpha value is -1.52. The first kappa shape index (κ1) is 32.4. The number of hydrogen-bond acceptors (Lipinski definition) is 8. The van der Waals surface area contributed by atoms with Crippen molar-refractivity contribution in [2.75, 3.05) is 0 Å². The van der Waals surface area contributed by atoms with Gasteiger partial charge in [0.25, 0.3) is 0 Å². The quantitative estimate of drug-likeness (QED) is 0.231. The van der Waals surface area contributed by atoms with E-state index >= 15 is 0 Å². The Morgan fingerprint density at radius 3 is 2.23 bits per heavy atom. The van der Waals surface area contributed by atoms with Gasteiger partial charge in [0.05, 0.1) is 23.0 Å². The van der Waals surface area contributed by atoms with Gasteiger partial charge in [-0.05, 0) is 111 Å². The summed E-state index contributed by atoms with van der Waals surface area (Å²) >= 11 is 0. The van der Waals surface area contributed by atoms with Gasteiger partial charge in [-0.3, -0.25) is 9.59 Å². The van der Waals surface area contributed by atoms with Crippen LogP contribution in [0.1, 0.15) is 106 Å². The highest BCUT2D eigenvalue weighted by molar-refractivity contribution is 5.85. The third kappa shape index (κ3) is 4.35. The van der Waals surface area contributed by atoms with Crippen LogP contribution >= 0.6 is 0 Å². The number of allylic oxidation sites excluding steroid dienone is 1. The number of fused-ring (bicyclic) bond motifs is 7. The Morgan fingerprint density at radius 1 is 0.864 bits per heavy atom. The Labute approximate surface area is 261 Å². The lowest BCUT2D eigenvalue weighted by Crippen LogP contribution is -2.66. The molecule has 9 nitrogen and oxygen atoms in total. The van der Waals surface area contributed by atoms with Crippen LogP contribution in [0.5, 0.6) is 0 Å². The largest absolute Gasteiger partial charge is 0.481 e. The summed E-state index contributed by atoms with van der Waals surface area (Å²) in [5.41, 5.74) is -2.05. The van der Waals surface area contributed by atoms with Gasteiger partial charge in [0.15, 0.2) is 0 Å². The van der Waals surface area contributed by atoms with E-state index in [1.165, 1.54) is 0 Å². The van der Waals surface area contributed by atoms with Crippen molar-refractivity contribution < 1.29 is 44.6 Å². The first-order valence-electron chi connectivity index (χ1n) is 17.0. The molecule has 9 heteroatoms. The van der Waals surface area contributed by atoms with E-state index in [1.807, 2.05) is 0 Å². The first-order chi connectivity index (χ1) is 20.4. The van der Waals surface area contributed by atoms with Gasteiger partial charge in [-0.1, -0.05) is 46.3 Å². The maximum atomic E-state index is 15.0. The van der Waals surface area contributed by atoms with E-state index in [-0.39, 0.29) is 28.8 Å². The fourth-order valence-electron chi connectivity index (χ4n) is 11.3. The number of rotatable bonds is 3. The molecule has 13 atom stereocenters. The lowest BCUT2D eigenvalue weighted by molar-refractivity contribution is -0.291. The highest BCUT2D eigenvalue weighted by atomic mass is 16.7. The number of aliphatic carboxylic acids is 1. The van der Waals surface area contributed by atoms with Crippen molar-refractivity contribution in [1.29, 1.82) is 0 Å². The zero-order valence-corrected chi connectivity index (χ0v) is 27.3. The number of ether oxygens (including phenoxy) is 2. The van der Waals surface area contributed by atoms with Crippen LogP contribution in [0.25, 0.3) is 0 Å². The Balaban J connectivity index is 1.46. The van der Waals surface area contributed by atoms with E-state index in [9.17, 15) is 35.1 Å². The average molecular weight is 619 g/mol. The number of aliphatic hydroxyl groups excluding tert-OH is 4. The molecule has 6 aliphatic rings. The molecule has 0 spiro atoms. The van der Waals surface area contributed by atoms with Gasteiger partial charge in [0, 0.05) is 0 Å². The van der Waals surface area contributed by atoms with E-state index in [0.29, 0.717) is 43.9 Å². The van der Waals surface area contributed by atoms with Crippen LogP contribution in [0.15, 0.2) is 11.6 Å². The normalized spacial score (nSPS) is 51.0. The molecule has 4 saturated carbocycles. The van der Waals surface area contributed by atoms with Crippen molar-refractivity contribution >= 4 is 11.9 Å². The molecule has 5 N–H and O–H groups in total. The standard InChI is InChI=1S/C35H54O9/c1-18-25(37)26(38)27(39)28(43-18)44-30(42)35-16-15-34(29(40)41)14-13-31(2,3)17-23(34)22(35)9-8-21-19-7-10-24(36)32(4,5)20(19)11-12-33(21,35)6/h9,18-21,23-28,36-39H,7-8,10-17H2,1-6H3,(H,40,41)/t18-,19+,20-,21-,23+,24+,25-,26+,27+,28+,33-,34+,35-/m1/s1. The smallest absolute Gasteiger partial charge is 0.319 e. The summed E-state index contributed by atoms with van der Waals surface area (Å²) in [4.78, 5) is 28.1. The minimum Gasteiger partial charge on any atom is -0.481 e. The number of hydrogen-bond donors (Lipinski definition) is 5. The summed E-state index contributed by atoms with van der Waals surface area (Å²) in [6, 6.07) is 0. The lowest BCUT2D eigenvalue weighted by atomic mass is 9.36. The molecular formula is C35H54O9. The molecule has 1 aliphatic heterocycles. The summed E-state index contributed by atoms with van der Waals surface area (Å²) in [6.45, 7) is 12.5. The van der Waals surface area contributed by atoms with Gasteiger partial charge >= 0.3 is 11.9 Å². The van der Waals surface area contributed by atoms with Crippen molar-refractivity contribution in [1.82, 2.24) is 0 Å². The van der Waals surface area contributed by atoms with Crippen molar-refractivity contribution in [2.45, 2.75) is 143 Å². The molecule has 0 unspecified atom stereocenters. The highest BCUT2D eigenvalue weighted by Gasteiger charge is 2.71. The van der Waals surface area contributed by atoms with Crippen LogP contribution in [0.4, 0.5) is 0 Å². The van der Waals surface area contributed by atoms with Gasteiger partial charge in [-0.2, -0.15) is 0 Å². The Bertz CT molecular complexity index is 1210. The van der Waals surface area contributed by atoms with Gasteiger partial charge < -0.3 is 35.0 Å². The number of carbonyl (C=O) groups is 2. The first-order valence-corrected chi connectivity index (χ1v) is 17.0. The molecule has 44 heavy (non-hydrogen) atoms. The maximum Gasteiger partial charge on any atom is 0.319 e. The molecule has 1 heterocycles. The van der Waals surface area contributed by atoms with Crippen LogP contribution in [-0.4, -0.2) is 74.3 Å². The molecule has 1 saturated heterocycles. The molecular weight excluding hydrogens is 564 g/mol. The van der Waals surface area contributed by atoms with Gasteiger partial charge in [-0.15, -0.1) is 0 Å². The molecule has 0 aromatic heterocycles. The van der Waals surface area contributed by atoms with Crippen LogP contribution in [-0.2, 0) is 19.1 Å². The topological polar surface area (TPSA) is 154 Å². The highest BCUT2D eigenvalue weighted by Crippen LogP contribution is 2.73. The number of aliphatic hydroxyl groups is 4. The predicted molar refractivity (Wildman–Crippen MR) is 161 cm³/mol. The van der Waals surface area contributed by atoms with Gasteiger partial charge in [0.1, 0.15) is 18.3 Å². The van der Waals surface area contributed by atoms with E-state index < -0.39 is 58.9 Å². The van der Waals surface area contributed by atoms with Crippen LogP contribution in [0.2, 0.25) is 0 Å². The fraction of sp³-hybridized carbons (Fsp3) is 0.886. The molecule has 0 amide bonds. The summed E-state index contributed by atoms with van der Waals surface area (Å²) in [5, 5.41) is 53.4. The van der Waals surface area contributed by atoms with Crippen molar-refractivity contribution in [2.24, 2.45) is 50.7 Å². The monoisotopic (exact) mass is 618 g/mol. The molecule has 6 rings (SSSR count). The van der Waals surface area contributed by atoms with E-state index in [4.69, 9.17) is 9.47 Å². The van der Waals surface area contributed by atoms with Crippen LogP contribution < -0.4 is 0 Å². The van der Waals surface area contributed by atoms with E-state index in [2.05, 4.69) is 40.7 Å². The maximum absolute atomic E-state index is 15.0. The summed E-state index contributed by atoms with van der Waals surface area (Å²) < 4.78 is 11.9. The molecule has 5 aliphatic carbocycles. The third-order valence-corrected chi connectivity index (χ3v) is 14.3. The molecule has 0 bridgehead atoms. The number of carboxylic acids is 1. The number of esters is 1. The Kier molecular flexibility index (Phi) is 7.73. The van der Waals surface area contributed by atoms with Crippen molar-refractivity contribution in [3.05, 3.63) is 11.6 Å². The Morgan fingerprint density at radius 2 is 1.55 bits per heavy atom. The third-order valence-electron chi connectivity index (χ3n) is 14.3. The molecule has 0 radical (unpaired) electrons. The van der Waals surface area contributed by atoms with Crippen LogP contribution in [0, 0.1) is 50.7 Å². The number of carbonyl (C=O) groups excluding carboxylic acids is 1. The average Bonchev–Trinajstić information content (AvgIpc) is 2.95. The minimum atomic E-state index is -1.62. The zero-order chi connectivity index (χ0) is 32.2. The summed E-state index contributed by atoms with van der Waals surface area (Å²) in [6.07, 6.45) is 1.72.